The predicted molar refractivity (Wildman–Crippen MR) is 56.3 cm³/mol. The third kappa shape index (κ3) is 1.61. The van der Waals surface area contributed by atoms with Crippen molar-refractivity contribution < 1.29 is 9.90 Å². The molecule has 0 spiro atoms. The van der Waals surface area contributed by atoms with Gasteiger partial charge in [0.1, 0.15) is 0 Å². The van der Waals surface area contributed by atoms with E-state index < -0.39 is 5.97 Å². The first kappa shape index (κ1) is 9.45. The molecular weight excluding hydrogens is 194 g/mol. The van der Waals surface area contributed by atoms with Gasteiger partial charge in [-0.25, -0.2) is 4.79 Å². The molecule has 4 heteroatoms. The lowest BCUT2D eigenvalue weighted by molar-refractivity contribution is 0.0697. The molecule has 0 radical (unpaired) electrons. The minimum atomic E-state index is -1.00. The molecule has 1 aromatic carbocycles. The molecule has 0 aliphatic heterocycles. The average molecular weight is 203 g/mol. The van der Waals surface area contributed by atoms with Gasteiger partial charge in [0, 0.05) is 11.1 Å². The number of benzene rings is 1. The van der Waals surface area contributed by atoms with Crippen LogP contribution < -0.4 is 5.56 Å². The number of H-pyrrole nitrogens is 1. The van der Waals surface area contributed by atoms with Crippen molar-refractivity contribution in [2.75, 3.05) is 0 Å². The summed E-state index contributed by atoms with van der Waals surface area (Å²) >= 11 is 0. The summed E-state index contributed by atoms with van der Waals surface area (Å²) < 4.78 is 0. The highest BCUT2D eigenvalue weighted by Crippen LogP contribution is 2.13. The Morgan fingerprint density at radius 1 is 1.33 bits per heavy atom. The molecule has 0 saturated heterocycles. The number of pyridine rings is 1. The van der Waals surface area contributed by atoms with Crippen LogP contribution in [0.15, 0.2) is 29.1 Å². The molecule has 1 heterocycles. The molecule has 15 heavy (non-hydrogen) atoms. The van der Waals surface area contributed by atoms with Gasteiger partial charge in [0.05, 0.1) is 5.56 Å². The second-order valence-corrected chi connectivity index (χ2v) is 3.39. The zero-order chi connectivity index (χ0) is 11.0. The van der Waals surface area contributed by atoms with Crippen molar-refractivity contribution >= 4 is 16.9 Å². The third-order valence-corrected chi connectivity index (χ3v) is 2.28. The summed E-state index contributed by atoms with van der Waals surface area (Å²) in [5, 5.41) is 9.61. The Bertz CT molecular complexity index is 598. The minimum Gasteiger partial charge on any atom is -0.478 e. The van der Waals surface area contributed by atoms with Gasteiger partial charge >= 0.3 is 5.97 Å². The lowest BCUT2D eigenvalue weighted by atomic mass is 10.1. The van der Waals surface area contributed by atoms with Crippen molar-refractivity contribution in [2.45, 2.75) is 6.92 Å². The fourth-order valence-corrected chi connectivity index (χ4v) is 1.44. The van der Waals surface area contributed by atoms with Crippen LogP contribution >= 0.6 is 0 Å². The van der Waals surface area contributed by atoms with Crippen molar-refractivity contribution in [3.8, 4) is 0 Å². The van der Waals surface area contributed by atoms with Crippen molar-refractivity contribution in [3.63, 3.8) is 0 Å². The number of aromatic carboxylic acids is 1. The largest absolute Gasteiger partial charge is 0.478 e. The molecule has 2 rings (SSSR count). The monoisotopic (exact) mass is 203 g/mol. The molecule has 0 fully saturated rings. The molecule has 2 aromatic rings. The molecule has 76 valence electrons. The Morgan fingerprint density at radius 3 is 2.73 bits per heavy atom. The maximum absolute atomic E-state index is 11.3. The molecule has 0 atom stereocenters. The zero-order valence-corrected chi connectivity index (χ0v) is 8.07. The van der Waals surface area contributed by atoms with E-state index in [9.17, 15) is 9.59 Å². The van der Waals surface area contributed by atoms with Crippen LogP contribution in [0.3, 0.4) is 0 Å². The highest BCUT2D eigenvalue weighted by molar-refractivity contribution is 5.93. The molecule has 0 aliphatic carbocycles. The van der Waals surface area contributed by atoms with Gasteiger partial charge in [-0.2, -0.15) is 0 Å². The summed E-state index contributed by atoms with van der Waals surface area (Å²) in [4.78, 5) is 24.6. The summed E-state index contributed by atoms with van der Waals surface area (Å²) in [6, 6.07) is 6.39. The Hall–Kier alpha value is -2.10. The third-order valence-electron chi connectivity index (χ3n) is 2.28. The molecular formula is C11H9NO3. The summed E-state index contributed by atoms with van der Waals surface area (Å²) in [5.74, 6) is -1.00. The van der Waals surface area contributed by atoms with E-state index in [-0.39, 0.29) is 11.1 Å². The molecule has 1 aromatic heterocycles. The number of aromatic amines is 1. The lowest BCUT2D eigenvalue weighted by Crippen LogP contribution is -2.09. The van der Waals surface area contributed by atoms with Gasteiger partial charge in [-0.3, -0.25) is 4.79 Å². The van der Waals surface area contributed by atoms with E-state index in [1.807, 2.05) is 0 Å². The van der Waals surface area contributed by atoms with E-state index in [1.165, 1.54) is 12.1 Å². The number of carbonyl (C=O) groups is 1. The fraction of sp³-hybridized carbons (Fsp3) is 0.0909. The highest BCUT2D eigenvalue weighted by Gasteiger charge is 2.04. The van der Waals surface area contributed by atoms with Gasteiger partial charge < -0.3 is 10.1 Å². The van der Waals surface area contributed by atoms with Crippen molar-refractivity contribution in [2.24, 2.45) is 0 Å². The topological polar surface area (TPSA) is 70.2 Å². The summed E-state index contributed by atoms with van der Waals surface area (Å²) in [7, 11) is 0. The lowest BCUT2D eigenvalue weighted by Gasteiger charge is -2.00. The Balaban J connectivity index is 2.77. The van der Waals surface area contributed by atoms with Crippen molar-refractivity contribution in [1.82, 2.24) is 4.98 Å². The van der Waals surface area contributed by atoms with Crippen LogP contribution in [0.5, 0.6) is 0 Å². The van der Waals surface area contributed by atoms with Gasteiger partial charge in [-0.15, -0.1) is 0 Å². The molecule has 0 amide bonds. The number of fused-ring (bicyclic) bond motifs is 1. The van der Waals surface area contributed by atoms with E-state index in [0.29, 0.717) is 11.1 Å². The van der Waals surface area contributed by atoms with E-state index in [4.69, 9.17) is 5.11 Å². The minimum absolute atomic E-state index is 0.169. The Labute approximate surface area is 85.2 Å². The first-order chi connectivity index (χ1) is 7.08. The number of rotatable bonds is 1. The van der Waals surface area contributed by atoms with Crippen LogP contribution in [0.2, 0.25) is 0 Å². The van der Waals surface area contributed by atoms with Crippen LogP contribution in [0.4, 0.5) is 0 Å². The number of aromatic nitrogens is 1. The van der Waals surface area contributed by atoms with Crippen molar-refractivity contribution in [3.05, 3.63) is 45.7 Å². The van der Waals surface area contributed by atoms with E-state index >= 15 is 0 Å². The van der Waals surface area contributed by atoms with Gasteiger partial charge in [0.15, 0.2) is 0 Å². The smallest absolute Gasteiger partial charge is 0.335 e. The van der Waals surface area contributed by atoms with Crippen LogP contribution in [0.1, 0.15) is 15.9 Å². The second kappa shape index (κ2) is 3.24. The zero-order valence-electron chi connectivity index (χ0n) is 8.07. The van der Waals surface area contributed by atoms with E-state index in [2.05, 4.69) is 4.98 Å². The van der Waals surface area contributed by atoms with Crippen LogP contribution in [0.25, 0.3) is 10.9 Å². The average Bonchev–Trinajstić information content (AvgIpc) is 2.19. The maximum atomic E-state index is 11.3. The number of hydrogen-bond donors (Lipinski definition) is 2. The highest BCUT2D eigenvalue weighted by atomic mass is 16.4. The maximum Gasteiger partial charge on any atom is 0.335 e. The SMILES string of the molecule is Cc1cc2ccc(C(=O)O)cc2[nH]c1=O. The first-order valence-corrected chi connectivity index (χ1v) is 4.45. The van der Waals surface area contributed by atoms with Gasteiger partial charge in [-0.1, -0.05) is 6.07 Å². The molecule has 0 aliphatic rings. The summed E-state index contributed by atoms with van der Waals surface area (Å²) in [6.45, 7) is 1.71. The second-order valence-electron chi connectivity index (χ2n) is 3.39. The summed E-state index contributed by atoms with van der Waals surface area (Å²) in [5.41, 5.74) is 1.14. The number of hydrogen-bond acceptors (Lipinski definition) is 2. The standard InChI is InChI=1S/C11H9NO3/c1-6-4-7-2-3-8(11(14)15)5-9(7)12-10(6)13/h2-5H,1H3,(H,12,13)(H,14,15). The molecule has 4 nitrogen and oxygen atoms in total. The van der Waals surface area contributed by atoms with E-state index in [0.717, 1.165) is 5.39 Å². The first-order valence-electron chi connectivity index (χ1n) is 4.45. The van der Waals surface area contributed by atoms with Crippen LogP contribution in [-0.4, -0.2) is 16.1 Å². The van der Waals surface area contributed by atoms with Gasteiger partial charge in [0.25, 0.3) is 5.56 Å². The molecule has 0 saturated carbocycles. The molecule has 0 bridgehead atoms. The number of nitrogens with one attached hydrogen (secondary N) is 1. The molecule has 2 N–H and O–H groups in total. The van der Waals surface area contributed by atoms with Crippen LogP contribution in [0, 0.1) is 6.92 Å². The normalized spacial score (nSPS) is 10.5. The predicted octanol–water partition coefficient (Wildman–Crippen LogP) is 1.53. The van der Waals surface area contributed by atoms with Crippen LogP contribution in [-0.2, 0) is 0 Å². The summed E-state index contributed by atoms with van der Waals surface area (Å²) in [6.07, 6.45) is 0. The number of carboxylic acid groups (broad SMARTS) is 1. The van der Waals surface area contributed by atoms with E-state index in [1.54, 1.807) is 19.1 Å². The van der Waals surface area contributed by atoms with Crippen molar-refractivity contribution in [1.29, 1.82) is 0 Å². The Kier molecular flexibility index (Phi) is 2.04. The quantitative estimate of drug-likeness (QED) is 0.738. The Morgan fingerprint density at radius 2 is 2.07 bits per heavy atom. The number of aryl methyl sites for hydroxylation is 1. The number of carboxylic acids is 1. The fourth-order valence-electron chi connectivity index (χ4n) is 1.44. The molecule has 0 unspecified atom stereocenters. The van der Waals surface area contributed by atoms with Gasteiger partial charge in [0.2, 0.25) is 0 Å². The van der Waals surface area contributed by atoms with Gasteiger partial charge in [-0.05, 0) is 30.5 Å².